The molecule has 0 unspecified atom stereocenters. The summed E-state index contributed by atoms with van der Waals surface area (Å²) in [7, 11) is 0. The normalized spacial score (nSPS) is 25.2. The molecule has 6 nitrogen and oxygen atoms in total. The number of rotatable bonds is 4. The Bertz CT molecular complexity index is 745. The van der Waals surface area contributed by atoms with Crippen LogP contribution in [-0.4, -0.2) is 34.2 Å². The Morgan fingerprint density at radius 3 is 2.92 bits per heavy atom. The summed E-state index contributed by atoms with van der Waals surface area (Å²) in [6.07, 6.45) is 5.27. The second-order valence-corrected chi connectivity index (χ2v) is 7.06. The van der Waals surface area contributed by atoms with E-state index in [1.54, 1.807) is 6.92 Å². The summed E-state index contributed by atoms with van der Waals surface area (Å²) in [5.74, 6) is 1.76. The quantitative estimate of drug-likeness (QED) is 0.929. The number of carbonyl (C=O) groups is 1. The third-order valence-corrected chi connectivity index (χ3v) is 5.62. The van der Waals surface area contributed by atoms with Crippen LogP contribution in [0.1, 0.15) is 43.0 Å². The van der Waals surface area contributed by atoms with Crippen molar-refractivity contribution in [2.45, 2.75) is 44.6 Å². The highest BCUT2D eigenvalue weighted by molar-refractivity contribution is 5.77. The number of amides is 2. The van der Waals surface area contributed by atoms with Gasteiger partial charge in [0.15, 0.2) is 5.82 Å². The van der Waals surface area contributed by atoms with Gasteiger partial charge in [-0.05, 0) is 25.3 Å². The summed E-state index contributed by atoms with van der Waals surface area (Å²) in [5.41, 5.74) is 1.15. The fraction of sp³-hybridized carbons (Fsp3) is 0.526. The van der Waals surface area contributed by atoms with Crippen LogP contribution in [0.25, 0.3) is 0 Å². The molecule has 4 rings (SSSR count). The summed E-state index contributed by atoms with van der Waals surface area (Å²) in [4.78, 5) is 19.0. The molecule has 0 spiro atoms. The minimum Gasteiger partial charge on any atom is -0.339 e. The fourth-order valence-corrected chi connectivity index (χ4v) is 4.44. The highest BCUT2D eigenvalue weighted by Gasteiger charge is 2.56. The van der Waals surface area contributed by atoms with Gasteiger partial charge in [0.05, 0.1) is 5.54 Å². The van der Waals surface area contributed by atoms with E-state index in [1.165, 1.54) is 24.8 Å². The highest BCUT2D eigenvalue weighted by Crippen LogP contribution is 2.53. The number of benzene rings is 1. The van der Waals surface area contributed by atoms with Crippen LogP contribution < -0.4 is 5.32 Å². The van der Waals surface area contributed by atoms with Crippen molar-refractivity contribution >= 4 is 6.03 Å². The van der Waals surface area contributed by atoms with Gasteiger partial charge in [-0.1, -0.05) is 48.3 Å². The molecule has 2 aromatic rings. The SMILES string of the molecule is Cc1noc(CCNC(=O)N2C[C@H]3CCCC[C@@]32c2ccccc2)n1. The Labute approximate surface area is 147 Å². The predicted octanol–water partition coefficient (Wildman–Crippen LogP) is 3.03. The van der Waals surface area contributed by atoms with Gasteiger partial charge >= 0.3 is 6.03 Å². The lowest BCUT2D eigenvalue weighted by Crippen LogP contribution is -2.69. The summed E-state index contributed by atoms with van der Waals surface area (Å²) in [6, 6.07) is 10.5. The lowest BCUT2D eigenvalue weighted by molar-refractivity contribution is -0.0792. The van der Waals surface area contributed by atoms with Crippen molar-refractivity contribution in [2.75, 3.05) is 13.1 Å². The number of nitrogens with zero attached hydrogens (tertiary/aromatic N) is 3. The fourth-order valence-electron chi connectivity index (χ4n) is 4.44. The van der Waals surface area contributed by atoms with Crippen molar-refractivity contribution in [2.24, 2.45) is 5.92 Å². The molecule has 2 atom stereocenters. The first-order valence-electron chi connectivity index (χ1n) is 9.10. The molecule has 1 aromatic carbocycles. The number of urea groups is 1. The summed E-state index contributed by atoms with van der Waals surface area (Å²) in [6.45, 7) is 3.14. The van der Waals surface area contributed by atoms with Gasteiger partial charge in [-0.25, -0.2) is 4.79 Å². The number of hydrogen-bond acceptors (Lipinski definition) is 4. The molecule has 6 heteroatoms. The van der Waals surface area contributed by atoms with Crippen LogP contribution in [0.2, 0.25) is 0 Å². The van der Waals surface area contributed by atoms with Gasteiger partial charge < -0.3 is 14.7 Å². The predicted molar refractivity (Wildman–Crippen MR) is 92.9 cm³/mol. The molecule has 0 bridgehead atoms. The maximum atomic E-state index is 12.8. The second-order valence-electron chi connectivity index (χ2n) is 7.06. The van der Waals surface area contributed by atoms with Gasteiger partial charge in [-0.2, -0.15) is 4.98 Å². The Balaban J connectivity index is 1.44. The molecule has 132 valence electrons. The first-order valence-corrected chi connectivity index (χ1v) is 9.10. The van der Waals surface area contributed by atoms with Crippen LogP contribution in [0, 0.1) is 12.8 Å². The van der Waals surface area contributed by atoms with E-state index in [1.807, 2.05) is 11.0 Å². The number of aromatic nitrogens is 2. The van der Waals surface area contributed by atoms with Gasteiger partial charge in [0.2, 0.25) is 5.89 Å². The van der Waals surface area contributed by atoms with Crippen molar-refractivity contribution in [1.29, 1.82) is 0 Å². The number of nitrogens with one attached hydrogen (secondary N) is 1. The van der Waals surface area contributed by atoms with E-state index in [9.17, 15) is 4.79 Å². The van der Waals surface area contributed by atoms with Gasteiger partial charge in [0.1, 0.15) is 0 Å². The molecular formula is C19H24N4O2. The zero-order chi connectivity index (χ0) is 17.3. The van der Waals surface area contributed by atoms with Gasteiger partial charge in [-0.3, -0.25) is 0 Å². The zero-order valence-electron chi connectivity index (χ0n) is 14.6. The molecule has 2 fully saturated rings. The van der Waals surface area contributed by atoms with Crippen LogP contribution in [0.15, 0.2) is 34.9 Å². The van der Waals surface area contributed by atoms with Crippen LogP contribution in [0.5, 0.6) is 0 Å². The third-order valence-electron chi connectivity index (χ3n) is 5.62. The van der Waals surface area contributed by atoms with Crippen molar-refractivity contribution in [3.05, 3.63) is 47.6 Å². The van der Waals surface area contributed by atoms with Crippen molar-refractivity contribution in [1.82, 2.24) is 20.4 Å². The van der Waals surface area contributed by atoms with E-state index >= 15 is 0 Å². The molecule has 1 N–H and O–H groups in total. The number of hydrogen-bond donors (Lipinski definition) is 1. The first kappa shape index (κ1) is 16.1. The summed E-state index contributed by atoms with van der Waals surface area (Å²) >= 11 is 0. The molecule has 2 amide bonds. The van der Waals surface area contributed by atoms with Crippen molar-refractivity contribution < 1.29 is 9.32 Å². The molecule has 2 aliphatic rings. The number of carbonyl (C=O) groups excluding carboxylic acids is 1. The first-order chi connectivity index (χ1) is 12.2. The smallest absolute Gasteiger partial charge is 0.318 e. The number of fused-ring (bicyclic) bond motifs is 1. The van der Waals surface area contributed by atoms with Crippen LogP contribution >= 0.6 is 0 Å². The Morgan fingerprint density at radius 2 is 2.20 bits per heavy atom. The molecule has 0 radical (unpaired) electrons. The minimum absolute atomic E-state index is 0.0123. The molecule has 2 heterocycles. The monoisotopic (exact) mass is 340 g/mol. The molecule has 1 aliphatic carbocycles. The lowest BCUT2D eigenvalue weighted by atomic mass is 9.62. The van der Waals surface area contributed by atoms with E-state index in [0.717, 1.165) is 13.0 Å². The zero-order valence-corrected chi connectivity index (χ0v) is 14.6. The van der Waals surface area contributed by atoms with Crippen LogP contribution in [-0.2, 0) is 12.0 Å². The molecule has 1 aromatic heterocycles. The molecule has 1 saturated heterocycles. The number of aryl methyl sites for hydroxylation is 1. The van der Waals surface area contributed by atoms with Crippen molar-refractivity contribution in [3.8, 4) is 0 Å². The molecule has 1 saturated carbocycles. The molecular weight excluding hydrogens is 316 g/mol. The topological polar surface area (TPSA) is 71.3 Å². The largest absolute Gasteiger partial charge is 0.339 e. The van der Waals surface area contributed by atoms with Crippen LogP contribution in [0.4, 0.5) is 4.79 Å². The van der Waals surface area contributed by atoms with E-state index < -0.39 is 0 Å². The molecule has 25 heavy (non-hydrogen) atoms. The average Bonchev–Trinajstić information content (AvgIpc) is 3.02. The summed E-state index contributed by atoms with van der Waals surface area (Å²) < 4.78 is 5.10. The van der Waals surface area contributed by atoms with Gasteiger partial charge in [0, 0.05) is 25.4 Å². The van der Waals surface area contributed by atoms with Crippen LogP contribution in [0.3, 0.4) is 0 Å². The Hall–Kier alpha value is -2.37. The van der Waals surface area contributed by atoms with Gasteiger partial charge in [-0.15, -0.1) is 0 Å². The Morgan fingerprint density at radius 1 is 1.36 bits per heavy atom. The Kier molecular flexibility index (Phi) is 4.19. The standard InChI is InChI=1S/C19H24N4O2/c1-14-21-17(25-22-14)10-12-20-18(24)23-13-16-9-5-6-11-19(16,23)15-7-3-2-4-8-15/h2-4,7-8,16H,5-6,9-13H2,1H3,(H,20,24)/t16-,19-/m1/s1. The van der Waals surface area contributed by atoms with E-state index in [0.29, 0.717) is 30.6 Å². The second kappa shape index (κ2) is 6.50. The maximum Gasteiger partial charge on any atom is 0.318 e. The van der Waals surface area contributed by atoms with E-state index in [4.69, 9.17) is 4.52 Å². The lowest BCUT2D eigenvalue weighted by Gasteiger charge is -2.61. The van der Waals surface area contributed by atoms with E-state index in [-0.39, 0.29) is 11.6 Å². The third kappa shape index (κ3) is 2.79. The molecule has 1 aliphatic heterocycles. The summed E-state index contributed by atoms with van der Waals surface area (Å²) in [5, 5.41) is 6.80. The minimum atomic E-state index is -0.120. The average molecular weight is 340 g/mol. The van der Waals surface area contributed by atoms with E-state index in [2.05, 4.69) is 39.7 Å². The van der Waals surface area contributed by atoms with Crippen molar-refractivity contribution in [3.63, 3.8) is 0 Å². The maximum absolute atomic E-state index is 12.8. The highest BCUT2D eigenvalue weighted by atomic mass is 16.5. The number of likely N-dealkylation sites (tertiary alicyclic amines) is 1. The van der Waals surface area contributed by atoms with Gasteiger partial charge in [0.25, 0.3) is 0 Å².